The van der Waals surface area contributed by atoms with Crippen molar-refractivity contribution in [3.05, 3.63) is 27.2 Å². The van der Waals surface area contributed by atoms with Crippen LogP contribution in [0.4, 0.5) is 0 Å². The SMILES string of the molecule is Cc1nn(C)c2[nH]c(=O)c(CCC(=O)N3CCN(S(=O)(=O)N(C)C4CCCCC4)CC3)c(C)c12. The van der Waals surface area contributed by atoms with E-state index in [0.717, 1.165) is 42.3 Å². The number of pyridine rings is 1. The smallest absolute Gasteiger partial charge is 0.282 e. The van der Waals surface area contributed by atoms with E-state index in [9.17, 15) is 18.0 Å². The summed E-state index contributed by atoms with van der Waals surface area (Å²) in [6.45, 7) is 5.14. The fourth-order valence-electron chi connectivity index (χ4n) is 5.43. The van der Waals surface area contributed by atoms with Gasteiger partial charge in [-0.25, -0.2) is 0 Å². The van der Waals surface area contributed by atoms with Crippen molar-refractivity contribution in [3.63, 3.8) is 0 Å². The molecule has 10 nitrogen and oxygen atoms in total. The minimum Gasteiger partial charge on any atom is -0.340 e. The van der Waals surface area contributed by atoms with Crippen LogP contribution in [0.25, 0.3) is 11.0 Å². The molecule has 1 aliphatic heterocycles. The van der Waals surface area contributed by atoms with Crippen LogP contribution in [0, 0.1) is 13.8 Å². The minimum absolute atomic E-state index is 0.0560. The molecular weight excluding hydrogens is 456 g/mol. The lowest BCUT2D eigenvalue weighted by Gasteiger charge is -2.38. The van der Waals surface area contributed by atoms with Gasteiger partial charge in [-0.2, -0.15) is 22.1 Å². The lowest BCUT2D eigenvalue weighted by molar-refractivity contribution is -0.132. The van der Waals surface area contributed by atoms with Crippen LogP contribution in [-0.4, -0.2) is 81.9 Å². The van der Waals surface area contributed by atoms with Crippen LogP contribution in [-0.2, 0) is 28.5 Å². The van der Waals surface area contributed by atoms with Crippen LogP contribution in [0.2, 0.25) is 0 Å². The van der Waals surface area contributed by atoms with Gasteiger partial charge >= 0.3 is 0 Å². The van der Waals surface area contributed by atoms with Gasteiger partial charge in [-0.1, -0.05) is 19.3 Å². The maximum Gasteiger partial charge on any atom is 0.282 e. The Labute approximate surface area is 201 Å². The molecule has 0 unspecified atom stereocenters. The van der Waals surface area contributed by atoms with Gasteiger partial charge in [-0.15, -0.1) is 0 Å². The average molecular weight is 493 g/mol. The molecule has 2 aliphatic rings. The summed E-state index contributed by atoms with van der Waals surface area (Å²) in [7, 11) is -0.0485. The third-order valence-electron chi connectivity index (χ3n) is 7.52. The first-order valence-electron chi connectivity index (χ1n) is 12.2. The van der Waals surface area contributed by atoms with E-state index in [1.54, 1.807) is 23.7 Å². The van der Waals surface area contributed by atoms with Crippen LogP contribution >= 0.6 is 0 Å². The molecule has 1 saturated carbocycles. The molecule has 1 N–H and O–H groups in total. The van der Waals surface area contributed by atoms with Crippen LogP contribution in [0.3, 0.4) is 0 Å². The predicted octanol–water partition coefficient (Wildman–Crippen LogP) is 1.46. The normalized spacial score (nSPS) is 18.8. The first-order chi connectivity index (χ1) is 16.1. The number of rotatable bonds is 6. The number of fused-ring (bicyclic) bond motifs is 1. The molecule has 2 aromatic heterocycles. The van der Waals surface area contributed by atoms with E-state index in [1.807, 2.05) is 13.8 Å². The van der Waals surface area contributed by atoms with Gasteiger partial charge in [0, 0.05) is 63.7 Å². The third-order valence-corrected chi connectivity index (χ3v) is 9.56. The molecule has 0 atom stereocenters. The van der Waals surface area contributed by atoms with Gasteiger partial charge in [0.15, 0.2) is 0 Å². The highest BCUT2D eigenvalue weighted by Gasteiger charge is 2.35. The molecule has 3 heterocycles. The van der Waals surface area contributed by atoms with Gasteiger partial charge < -0.3 is 9.88 Å². The Morgan fingerprint density at radius 1 is 1.12 bits per heavy atom. The van der Waals surface area contributed by atoms with Crippen molar-refractivity contribution in [3.8, 4) is 0 Å². The molecule has 11 heteroatoms. The van der Waals surface area contributed by atoms with E-state index >= 15 is 0 Å². The number of carbonyl (C=O) groups is 1. The molecule has 1 aliphatic carbocycles. The Kier molecular flexibility index (Phi) is 7.16. The zero-order valence-corrected chi connectivity index (χ0v) is 21.4. The topological polar surface area (TPSA) is 112 Å². The highest BCUT2D eigenvalue weighted by atomic mass is 32.2. The second-order valence-corrected chi connectivity index (χ2v) is 11.6. The van der Waals surface area contributed by atoms with Crippen LogP contribution in [0.1, 0.15) is 55.3 Å². The number of hydrogen-bond donors (Lipinski definition) is 1. The molecule has 188 valence electrons. The Hall–Kier alpha value is -2.24. The number of piperazine rings is 1. The summed E-state index contributed by atoms with van der Waals surface area (Å²) < 4.78 is 30.9. The molecule has 34 heavy (non-hydrogen) atoms. The molecule has 2 fully saturated rings. The van der Waals surface area contributed by atoms with Gasteiger partial charge in [0.2, 0.25) is 5.91 Å². The van der Waals surface area contributed by atoms with Gasteiger partial charge in [-0.05, 0) is 38.7 Å². The zero-order chi connectivity index (χ0) is 24.6. The van der Waals surface area contributed by atoms with Crippen molar-refractivity contribution in [2.45, 2.75) is 64.8 Å². The van der Waals surface area contributed by atoms with Crippen molar-refractivity contribution >= 4 is 27.1 Å². The van der Waals surface area contributed by atoms with E-state index in [2.05, 4.69) is 10.1 Å². The number of hydrogen-bond acceptors (Lipinski definition) is 5. The van der Waals surface area contributed by atoms with Crippen molar-refractivity contribution in [1.29, 1.82) is 0 Å². The highest BCUT2D eigenvalue weighted by Crippen LogP contribution is 2.25. The molecule has 0 aromatic carbocycles. The summed E-state index contributed by atoms with van der Waals surface area (Å²) in [5, 5.41) is 5.31. The van der Waals surface area contributed by atoms with Crippen molar-refractivity contribution < 1.29 is 13.2 Å². The summed E-state index contributed by atoms with van der Waals surface area (Å²) in [4.78, 5) is 30.1. The van der Waals surface area contributed by atoms with Gasteiger partial charge in [0.1, 0.15) is 5.65 Å². The monoisotopic (exact) mass is 492 g/mol. The molecular formula is C23H36N6O4S. The number of nitrogens with zero attached hydrogens (tertiary/aromatic N) is 5. The first-order valence-corrected chi connectivity index (χ1v) is 13.6. The standard InChI is InChI=1S/C23H36N6O4S/c1-16-19(23(31)24-22-21(16)17(2)25-26(22)3)10-11-20(30)28-12-14-29(15-13-28)34(32,33)27(4)18-8-6-5-7-9-18/h18H,5-15H2,1-4H3,(H,24,31). The number of aromatic nitrogens is 3. The summed E-state index contributed by atoms with van der Waals surface area (Å²) >= 11 is 0. The molecule has 4 rings (SSSR count). The zero-order valence-electron chi connectivity index (χ0n) is 20.6. The number of amides is 1. The molecule has 0 spiro atoms. The van der Waals surface area contributed by atoms with Crippen molar-refractivity contribution in [1.82, 2.24) is 28.3 Å². The third kappa shape index (κ3) is 4.65. The second kappa shape index (κ2) is 9.79. The van der Waals surface area contributed by atoms with Crippen LogP contribution < -0.4 is 5.56 Å². The van der Waals surface area contributed by atoms with Gasteiger partial charge in [0.25, 0.3) is 15.8 Å². The average Bonchev–Trinajstić information content (AvgIpc) is 3.11. The van der Waals surface area contributed by atoms with Crippen molar-refractivity contribution in [2.75, 3.05) is 33.2 Å². The second-order valence-electron chi connectivity index (χ2n) is 9.59. The largest absolute Gasteiger partial charge is 0.340 e. The predicted molar refractivity (Wildman–Crippen MR) is 131 cm³/mol. The van der Waals surface area contributed by atoms with Gasteiger partial charge in [-0.3, -0.25) is 14.3 Å². The van der Waals surface area contributed by atoms with E-state index in [-0.39, 0.29) is 23.9 Å². The Morgan fingerprint density at radius 2 is 1.76 bits per heavy atom. The van der Waals surface area contributed by atoms with Gasteiger partial charge in [0.05, 0.1) is 5.69 Å². The fraction of sp³-hybridized carbons (Fsp3) is 0.696. The molecule has 1 amide bonds. The molecule has 0 bridgehead atoms. The summed E-state index contributed by atoms with van der Waals surface area (Å²) in [6, 6.07) is 0.0699. The fourth-order valence-corrected chi connectivity index (χ4v) is 7.01. The maximum atomic E-state index is 13.1. The number of carbonyl (C=O) groups excluding carboxylic acids is 1. The number of aryl methyl sites for hydroxylation is 3. The van der Waals surface area contributed by atoms with E-state index in [4.69, 9.17) is 0 Å². The Balaban J connectivity index is 1.36. The number of nitrogens with one attached hydrogen (secondary N) is 1. The Morgan fingerprint density at radius 3 is 2.41 bits per heavy atom. The highest BCUT2D eigenvalue weighted by molar-refractivity contribution is 7.86. The number of H-pyrrole nitrogens is 1. The van der Waals surface area contributed by atoms with E-state index in [1.165, 1.54) is 15.0 Å². The molecule has 2 aromatic rings. The summed E-state index contributed by atoms with van der Waals surface area (Å²) in [5.74, 6) is -0.0560. The Bertz CT molecular complexity index is 1220. The van der Waals surface area contributed by atoms with Crippen molar-refractivity contribution in [2.24, 2.45) is 7.05 Å². The number of aromatic amines is 1. The quantitative estimate of drug-likeness (QED) is 0.656. The van der Waals surface area contributed by atoms with E-state index in [0.29, 0.717) is 43.8 Å². The van der Waals surface area contributed by atoms with E-state index < -0.39 is 10.2 Å². The summed E-state index contributed by atoms with van der Waals surface area (Å²) in [5.41, 5.74) is 2.80. The lowest BCUT2D eigenvalue weighted by Crippen LogP contribution is -2.55. The van der Waals surface area contributed by atoms with Crippen LogP contribution in [0.5, 0.6) is 0 Å². The first kappa shape index (κ1) is 24.9. The molecule has 1 saturated heterocycles. The summed E-state index contributed by atoms with van der Waals surface area (Å²) in [6.07, 6.45) is 5.70. The molecule has 0 radical (unpaired) electrons. The minimum atomic E-state index is -3.52. The lowest BCUT2D eigenvalue weighted by atomic mass is 9.96. The van der Waals surface area contributed by atoms with Crippen LogP contribution in [0.15, 0.2) is 4.79 Å². The maximum absolute atomic E-state index is 13.1.